The average molecular weight is 606 g/mol. The number of nitrogens with zero attached hydrogens (tertiary/aromatic N) is 3. The highest BCUT2D eigenvalue weighted by atomic mass is 35.5. The molecular weight excluding hydrogens is 578 g/mol. The summed E-state index contributed by atoms with van der Waals surface area (Å²) in [6.45, 7) is 2.14. The summed E-state index contributed by atoms with van der Waals surface area (Å²) in [6.07, 6.45) is -3.26. The summed E-state index contributed by atoms with van der Waals surface area (Å²) in [5, 5.41) is 20.3. The number of pyridine rings is 1. The molecule has 0 radical (unpaired) electrons. The predicted molar refractivity (Wildman–Crippen MR) is 141 cm³/mol. The van der Waals surface area contributed by atoms with Crippen LogP contribution in [0.4, 0.5) is 9.59 Å². The first-order valence-electron chi connectivity index (χ1n) is 13.5. The number of aryl methyl sites for hydroxylation is 1. The fourth-order valence-corrected chi connectivity index (χ4v) is 6.44. The maximum atomic E-state index is 13.0. The molecular formula is C27H28ClN3O11. The van der Waals surface area contributed by atoms with E-state index in [4.69, 9.17) is 40.1 Å². The Labute approximate surface area is 244 Å². The monoisotopic (exact) mass is 605 g/mol. The molecule has 1 amide bonds. The van der Waals surface area contributed by atoms with Crippen molar-refractivity contribution >= 4 is 23.8 Å². The van der Waals surface area contributed by atoms with E-state index in [1.165, 1.54) is 4.90 Å². The minimum absolute atomic E-state index is 0.0153. The third kappa shape index (κ3) is 5.42. The van der Waals surface area contributed by atoms with Gasteiger partial charge in [0, 0.05) is 40.9 Å². The van der Waals surface area contributed by atoms with Crippen molar-refractivity contribution in [3.8, 4) is 5.75 Å². The van der Waals surface area contributed by atoms with Crippen molar-refractivity contribution in [2.45, 2.75) is 62.9 Å². The van der Waals surface area contributed by atoms with Gasteiger partial charge in [-0.15, -0.1) is 10.1 Å². The largest absolute Gasteiger partial charge is 0.514 e. The SMILES string of the molecule is Cc1ncc2c(c1OC(=O)O[C@@H]1COC3C(C4CC(O[N+](=O)[O-])CCN4C(=O)O)CO[C@@H]31)COC2c1ccc(Cl)cc1. The summed E-state index contributed by atoms with van der Waals surface area (Å²) in [7, 11) is 0. The number of piperidine rings is 1. The molecule has 1 aromatic carbocycles. The van der Waals surface area contributed by atoms with E-state index in [0.29, 0.717) is 16.3 Å². The van der Waals surface area contributed by atoms with E-state index in [1.807, 2.05) is 12.1 Å². The zero-order valence-corrected chi connectivity index (χ0v) is 23.2. The molecule has 224 valence electrons. The summed E-state index contributed by atoms with van der Waals surface area (Å²) in [4.78, 5) is 46.1. The van der Waals surface area contributed by atoms with Gasteiger partial charge in [0.25, 0.3) is 5.09 Å². The van der Waals surface area contributed by atoms with Crippen molar-refractivity contribution in [1.82, 2.24) is 9.88 Å². The molecule has 1 N–H and O–H groups in total. The van der Waals surface area contributed by atoms with E-state index >= 15 is 0 Å². The molecule has 5 heterocycles. The molecule has 3 fully saturated rings. The third-order valence-electron chi connectivity index (χ3n) is 8.25. The second-order valence-corrected chi connectivity index (χ2v) is 11.1. The number of hydrogen-bond donors (Lipinski definition) is 1. The smallest absolute Gasteiger partial charge is 0.465 e. The first-order valence-corrected chi connectivity index (χ1v) is 13.8. The first kappa shape index (κ1) is 28.4. The fourth-order valence-electron chi connectivity index (χ4n) is 6.31. The molecule has 7 atom stereocenters. The first-order chi connectivity index (χ1) is 20.2. The highest BCUT2D eigenvalue weighted by Gasteiger charge is 2.54. The van der Waals surface area contributed by atoms with Gasteiger partial charge in [-0.25, -0.2) is 9.59 Å². The van der Waals surface area contributed by atoms with Crippen LogP contribution in [0.3, 0.4) is 0 Å². The minimum Gasteiger partial charge on any atom is -0.465 e. The van der Waals surface area contributed by atoms with Crippen LogP contribution in [0, 0.1) is 23.0 Å². The van der Waals surface area contributed by atoms with Gasteiger partial charge in [0.15, 0.2) is 11.9 Å². The fraction of sp³-hybridized carbons (Fsp3) is 0.519. The number of benzene rings is 1. The predicted octanol–water partition coefficient (Wildman–Crippen LogP) is 3.68. The molecule has 42 heavy (non-hydrogen) atoms. The molecule has 1 aromatic heterocycles. The van der Waals surface area contributed by atoms with E-state index in [9.17, 15) is 24.8 Å². The van der Waals surface area contributed by atoms with Crippen LogP contribution in [0.15, 0.2) is 30.5 Å². The highest BCUT2D eigenvalue weighted by Crippen LogP contribution is 2.42. The molecule has 4 aliphatic heterocycles. The Morgan fingerprint density at radius 2 is 1.93 bits per heavy atom. The van der Waals surface area contributed by atoms with Gasteiger partial charge in [0.05, 0.1) is 31.6 Å². The Morgan fingerprint density at radius 3 is 2.67 bits per heavy atom. The van der Waals surface area contributed by atoms with Crippen molar-refractivity contribution < 1.29 is 48.3 Å². The van der Waals surface area contributed by atoms with E-state index in [2.05, 4.69) is 4.98 Å². The lowest BCUT2D eigenvalue weighted by molar-refractivity contribution is -0.769. The number of hydrogen-bond acceptors (Lipinski definition) is 11. The van der Waals surface area contributed by atoms with Crippen LogP contribution in [0.5, 0.6) is 5.75 Å². The molecule has 0 aliphatic carbocycles. The van der Waals surface area contributed by atoms with Crippen LogP contribution in [-0.4, -0.2) is 82.5 Å². The van der Waals surface area contributed by atoms with Crippen molar-refractivity contribution in [3.05, 3.63) is 68.0 Å². The number of carbonyl (C=O) groups excluding carboxylic acids is 1. The van der Waals surface area contributed by atoms with Crippen LogP contribution in [0.1, 0.15) is 41.3 Å². The van der Waals surface area contributed by atoms with Gasteiger partial charge in [-0.05, 0) is 37.5 Å². The van der Waals surface area contributed by atoms with Crippen molar-refractivity contribution in [2.24, 2.45) is 5.92 Å². The lowest BCUT2D eigenvalue weighted by Crippen LogP contribution is -2.53. The van der Waals surface area contributed by atoms with Crippen molar-refractivity contribution in [2.75, 3.05) is 19.8 Å². The summed E-state index contributed by atoms with van der Waals surface area (Å²) < 4.78 is 29.1. The molecule has 15 heteroatoms. The number of fused-ring (bicyclic) bond motifs is 2. The maximum absolute atomic E-state index is 13.0. The average Bonchev–Trinajstić information content (AvgIpc) is 3.66. The minimum atomic E-state index is -1.14. The molecule has 2 aromatic rings. The van der Waals surface area contributed by atoms with Crippen LogP contribution in [0.25, 0.3) is 0 Å². The molecule has 3 saturated heterocycles. The Kier molecular flexibility index (Phi) is 7.79. The topological polar surface area (TPSA) is 169 Å². The number of amides is 1. The summed E-state index contributed by atoms with van der Waals surface area (Å²) in [5.74, 6) is -0.176. The molecule has 5 unspecified atom stereocenters. The van der Waals surface area contributed by atoms with E-state index in [1.54, 1.807) is 25.3 Å². The lowest BCUT2D eigenvalue weighted by atomic mass is 9.85. The van der Waals surface area contributed by atoms with Crippen LogP contribution in [0.2, 0.25) is 5.02 Å². The molecule has 0 saturated carbocycles. The Balaban J connectivity index is 1.12. The number of rotatable bonds is 6. The summed E-state index contributed by atoms with van der Waals surface area (Å²) in [6, 6.07) is 6.64. The van der Waals surface area contributed by atoms with Gasteiger partial charge in [0.2, 0.25) is 0 Å². The number of carboxylic acid groups (broad SMARTS) is 1. The zero-order valence-electron chi connectivity index (χ0n) is 22.4. The van der Waals surface area contributed by atoms with E-state index in [-0.39, 0.29) is 45.0 Å². The second-order valence-electron chi connectivity index (χ2n) is 10.6. The number of ether oxygens (including phenoxy) is 5. The Bertz CT molecular complexity index is 1380. The number of halogens is 1. The van der Waals surface area contributed by atoms with E-state index in [0.717, 1.165) is 11.1 Å². The standard InChI is InChI=1S/C27H28ClN3O11/c1-13-22(18-10-37-23(17(18)9-29-13)14-2-4-15(28)5-3-14)41-27(34)40-21-12-39-24-19(11-38-25(21)24)20-8-16(42-31(35)36)6-7-30(20)26(32)33/h2-5,9,16,19-21,23-25H,6-8,10-12H2,1H3,(H,32,33)/t16?,19?,20?,21-,23?,24?,25-/m1/s1. The molecule has 0 bridgehead atoms. The van der Waals surface area contributed by atoms with Gasteiger partial charge < -0.3 is 38.5 Å². The zero-order chi connectivity index (χ0) is 29.5. The van der Waals surface area contributed by atoms with Gasteiger partial charge >= 0.3 is 12.2 Å². The Hall–Kier alpha value is -3.72. The van der Waals surface area contributed by atoms with Crippen molar-refractivity contribution in [3.63, 3.8) is 0 Å². The van der Waals surface area contributed by atoms with Crippen molar-refractivity contribution in [1.29, 1.82) is 0 Å². The number of aromatic nitrogens is 1. The van der Waals surface area contributed by atoms with Crippen LogP contribution in [-0.2, 0) is 30.4 Å². The molecule has 4 aliphatic rings. The van der Waals surface area contributed by atoms with Gasteiger partial charge in [-0.3, -0.25) is 4.98 Å². The van der Waals surface area contributed by atoms with Crippen LogP contribution >= 0.6 is 11.6 Å². The normalized spacial score (nSPS) is 30.0. The Morgan fingerprint density at radius 1 is 1.17 bits per heavy atom. The quantitative estimate of drug-likeness (QED) is 0.288. The highest BCUT2D eigenvalue weighted by molar-refractivity contribution is 6.30. The van der Waals surface area contributed by atoms with Gasteiger partial charge in [0.1, 0.15) is 18.3 Å². The maximum Gasteiger partial charge on any atom is 0.514 e. The summed E-state index contributed by atoms with van der Waals surface area (Å²) in [5.41, 5.74) is 2.83. The number of carbonyl (C=O) groups is 2. The third-order valence-corrected chi connectivity index (χ3v) is 8.50. The van der Waals surface area contributed by atoms with E-state index < -0.39 is 59.8 Å². The summed E-state index contributed by atoms with van der Waals surface area (Å²) >= 11 is 6.02. The van der Waals surface area contributed by atoms with Crippen LogP contribution < -0.4 is 4.74 Å². The lowest BCUT2D eigenvalue weighted by Gasteiger charge is -2.40. The number of likely N-dealkylation sites (tertiary alicyclic amines) is 1. The second kappa shape index (κ2) is 11.5. The molecule has 6 rings (SSSR count). The molecule has 14 nitrogen and oxygen atoms in total. The van der Waals surface area contributed by atoms with Gasteiger partial charge in [-0.1, -0.05) is 23.7 Å². The molecule has 0 spiro atoms. The van der Waals surface area contributed by atoms with Gasteiger partial charge in [-0.2, -0.15) is 0 Å².